The predicted octanol–water partition coefficient (Wildman–Crippen LogP) is 3.18. The monoisotopic (exact) mass is 294 g/mol. The van der Waals surface area contributed by atoms with Crippen LogP contribution in [0.1, 0.15) is 23.2 Å². The summed E-state index contributed by atoms with van der Waals surface area (Å²) in [5, 5.41) is 8.29. The van der Waals surface area contributed by atoms with Crippen molar-refractivity contribution in [1.82, 2.24) is 9.88 Å². The summed E-state index contributed by atoms with van der Waals surface area (Å²) in [5.74, 6) is 0. The molecule has 0 spiro atoms. The minimum absolute atomic E-state index is 0.0392. The van der Waals surface area contributed by atoms with Crippen molar-refractivity contribution in [3.8, 4) is 0 Å². The first kappa shape index (κ1) is 13.9. The van der Waals surface area contributed by atoms with Gasteiger partial charge in [-0.05, 0) is 24.5 Å². The summed E-state index contributed by atoms with van der Waals surface area (Å²) < 4.78 is 38.1. The molecular weight excluding hydrogens is 285 g/mol. The van der Waals surface area contributed by atoms with Crippen molar-refractivity contribution >= 4 is 17.7 Å². The molecule has 8 heteroatoms. The van der Waals surface area contributed by atoms with Crippen molar-refractivity contribution < 1.29 is 23.1 Å². The van der Waals surface area contributed by atoms with Crippen LogP contribution in [0.15, 0.2) is 6.07 Å². The van der Waals surface area contributed by atoms with Gasteiger partial charge >= 0.3 is 12.3 Å². The van der Waals surface area contributed by atoms with Crippen LogP contribution in [-0.2, 0) is 19.1 Å². The predicted molar refractivity (Wildman–Crippen MR) is 61.0 cm³/mol. The molecule has 4 nitrogen and oxygen atoms in total. The second-order valence-corrected chi connectivity index (χ2v) is 4.60. The van der Waals surface area contributed by atoms with Crippen molar-refractivity contribution in [2.45, 2.75) is 25.6 Å². The number of nitrogens with zero attached hydrogens (tertiary/aromatic N) is 2. The third-order valence-corrected chi connectivity index (χ3v) is 3.22. The molecule has 0 saturated heterocycles. The number of carboxylic acid groups (broad SMARTS) is 1. The van der Waals surface area contributed by atoms with Gasteiger partial charge in [0.25, 0.3) is 0 Å². The first-order valence-corrected chi connectivity index (χ1v) is 5.90. The van der Waals surface area contributed by atoms with Crippen molar-refractivity contribution in [3.05, 3.63) is 28.0 Å². The average Bonchev–Trinajstić information content (AvgIpc) is 2.48. The number of aryl methyl sites for hydroxylation is 1. The number of rotatable bonds is 0. The number of hydrogen-bond donors (Lipinski definition) is 1. The molecule has 1 aliphatic rings. The number of aromatic nitrogens is 1. The highest BCUT2D eigenvalue weighted by Gasteiger charge is 2.35. The summed E-state index contributed by atoms with van der Waals surface area (Å²) >= 11 is 5.53. The number of amides is 1. The van der Waals surface area contributed by atoms with Crippen LogP contribution in [0.4, 0.5) is 18.0 Å². The van der Waals surface area contributed by atoms with E-state index in [0.717, 1.165) is 11.0 Å². The van der Waals surface area contributed by atoms with Gasteiger partial charge in [0, 0.05) is 6.54 Å². The van der Waals surface area contributed by atoms with Crippen LogP contribution < -0.4 is 0 Å². The Morgan fingerprint density at radius 2 is 2.16 bits per heavy atom. The SMILES string of the molecule is O=C(O)N1CCCc2cc(C(F)(F)F)c(Cl)nc2C1. The minimum Gasteiger partial charge on any atom is -0.465 e. The lowest BCUT2D eigenvalue weighted by molar-refractivity contribution is -0.137. The summed E-state index contributed by atoms with van der Waals surface area (Å²) in [7, 11) is 0. The van der Waals surface area contributed by atoms with E-state index < -0.39 is 23.0 Å². The molecule has 0 bridgehead atoms. The molecule has 0 radical (unpaired) electrons. The van der Waals surface area contributed by atoms with Gasteiger partial charge < -0.3 is 10.0 Å². The maximum absolute atomic E-state index is 12.7. The van der Waals surface area contributed by atoms with E-state index in [1.54, 1.807) is 0 Å². The van der Waals surface area contributed by atoms with Crippen LogP contribution >= 0.6 is 11.6 Å². The van der Waals surface area contributed by atoms with E-state index in [0.29, 0.717) is 18.4 Å². The van der Waals surface area contributed by atoms with Crippen LogP contribution in [0, 0.1) is 0 Å². The van der Waals surface area contributed by atoms with Crippen molar-refractivity contribution in [1.29, 1.82) is 0 Å². The summed E-state index contributed by atoms with van der Waals surface area (Å²) in [6.07, 6.45) is -4.87. The molecule has 2 heterocycles. The molecule has 1 amide bonds. The van der Waals surface area contributed by atoms with Crippen molar-refractivity contribution in [2.24, 2.45) is 0 Å². The molecule has 0 aliphatic carbocycles. The van der Waals surface area contributed by atoms with Gasteiger partial charge in [0.2, 0.25) is 0 Å². The van der Waals surface area contributed by atoms with Gasteiger partial charge in [0.1, 0.15) is 5.15 Å². The van der Waals surface area contributed by atoms with E-state index in [9.17, 15) is 18.0 Å². The van der Waals surface area contributed by atoms with Gasteiger partial charge in [-0.1, -0.05) is 11.6 Å². The smallest absolute Gasteiger partial charge is 0.419 e. The van der Waals surface area contributed by atoms with E-state index in [1.165, 1.54) is 0 Å². The van der Waals surface area contributed by atoms with Crippen molar-refractivity contribution in [3.63, 3.8) is 0 Å². The topological polar surface area (TPSA) is 53.4 Å². The molecular formula is C11H10ClF3N2O2. The third kappa shape index (κ3) is 2.91. The highest BCUT2D eigenvalue weighted by atomic mass is 35.5. The summed E-state index contributed by atoms with van der Waals surface area (Å²) in [5.41, 5.74) is -0.282. The normalized spacial score (nSPS) is 15.9. The zero-order valence-electron chi connectivity index (χ0n) is 9.67. The zero-order chi connectivity index (χ0) is 14.2. The number of halogens is 4. The van der Waals surface area contributed by atoms with Crippen LogP contribution in [0.2, 0.25) is 5.15 Å². The fraction of sp³-hybridized carbons (Fsp3) is 0.455. The number of pyridine rings is 1. The first-order valence-electron chi connectivity index (χ1n) is 5.52. The Balaban J connectivity index is 2.42. The van der Waals surface area contributed by atoms with Crippen LogP contribution in [-0.4, -0.2) is 27.6 Å². The Hall–Kier alpha value is -1.50. The fourth-order valence-corrected chi connectivity index (χ4v) is 2.27. The Labute approximate surface area is 111 Å². The molecule has 0 saturated carbocycles. The first-order chi connectivity index (χ1) is 8.79. The second kappa shape index (κ2) is 4.88. The largest absolute Gasteiger partial charge is 0.465 e. The zero-order valence-corrected chi connectivity index (χ0v) is 10.4. The molecule has 104 valence electrons. The van der Waals surface area contributed by atoms with Gasteiger partial charge in [0.05, 0.1) is 17.8 Å². The van der Waals surface area contributed by atoms with Gasteiger partial charge in [-0.2, -0.15) is 13.2 Å². The van der Waals surface area contributed by atoms with Crippen molar-refractivity contribution in [2.75, 3.05) is 6.54 Å². The highest BCUT2D eigenvalue weighted by Crippen LogP contribution is 2.35. The molecule has 1 aliphatic heterocycles. The fourth-order valence-electron chi connectivity index (χ4n) is 2.00. The number of fused-ring (bicyclic) bond motifs is 1. The molecule has 1 N–H and O–H groups in total. The maximum atomic E-state index is 12.7. The number of alkyl halides is 3. The lowest BCUT2D eigenvalue weighted by atomic mass is 10.1. The van der Waals surface area contributed by atoms with E-state index in [1.807, 2.05) is 0 Å². The maximum Gasteiger partial charge on any atom is 0.419 e. The van der Waals surface area contributed by atoms with E-state index in [-0.39, 0.29) is 18.8 Å². The quantitative estimate of drug-likeness (QED) is 0.748. The molecule has 19 heavy (non-hydrogen) atoms. The molecule has 1 aromatic rings. The Morgan fingerprint density at radius 1 is 1.47 bits per heavy atom. The van der Waals surface area contributed by atoms with Gasteiger partial charge in [0.15, 0.2) is 0 Å². The Kier molecular flexibility index (Phi) is 3.58. The van der Waals surface area contributed by atoms with E-state index in [4.69, 9.17) is 16.7 Å². The average molecular weight is 295 g/mol. The molecule has 1 aromatic heterocycles. The summed E-state index contributed by atoms with van der Waals surface area (Å²) in [6, 6.07) is 0.968. The van der Waals surface area contributed by atoms with Gasteiger partial charge in [-0.3, -0.25) is 0 Å². The van der Waals surface area contributed by atoms with E-state index in [2.05, 4.69) is 4.98 Å². The summed E-state index contributed by atoms with van der Waals surface area (Å²) in [6.45, 7) is 0.229. The standard InChI is InChI=1S/C11H10ClF3N2O2/c12-9-7(11(13,14)15)4-6-2-1-3-17(10(18)19)5-8(6)16-9/h4H,1-3,5H2,(H,18,19). The third-order valence-electron chi connectivity index (χ3n) is 2.94. The number of carbonyl (C=O) groups is 1. The lowest BCUT2D eigenvalue weighted by Gasteiger charge is -2.17. The number of hydrogen-bond acceptors (Lipinski definition) is 2. The Morgan fingerprint density at radius 3 is 2.74 bits per heavy atom. The van der Waals surface area contributed by atoms with Crippen LogP contribution in [0.3, 0.4) is 0 Å². The molecule has 2 rings (SSSR count). The van der Waals surface area contributed by atoms with Crippen LogP contribution in [0.5, 0.6) is 0 Å². The lowest BCUT2D eigenvalue weighted by Crippen LogP contribution is -2.29. The minimum atomic E-state index is -4.56. The molecule has 0 fully saturated rings. The van der Waals surface area contributed by atoms with Gasteiger partial charge in [-0.25, -0.2) is 9.78 Å². The Bertz CT molecular complexity index is 519. The second-order valence-electron chi connectivity index (χ2n) is 4.24. The summed E-state index contributed by atoms with van der Waals surface area (Å²) in [4.78, 5) is 15.7. The van der Waals surface area contributed by atoms with E-state index >= 15 is 0 Å². The molecule has 0 atom stereocenters. The molecule has 0 unspecified atom stereocenters. The highest BCUT2D eigenvalue weighted by molar-refractivity contribution is 6.30. The molecule has 0 aromatic carbocycles. The van der Waals surface area contributed by atoms with Crippen LogP contribution in [0.25, 0.3) is 0 Å². The van der Waals surface area contributed by atoms with Gasteiger partial charge in [-0.15, -0.1) is 0 Å².